The molecule has 2 aliphatic heterocycles. The maximum Gasteiger partial charge on any atom is 0.246 e. The molecule has 3 amide bonds. The highest BCUT2D eigenvalue weighted by Gasteiger charge is 2.41. The molecule has 2 heterocycles. The lowest BCUT2D eigenvalue weighted by Crippen LogP contribution is -2.63. The molecule has 0 bridgehead atoms. The molecule has 1 fully saturated rings. The third kappa shape index (κ3) is 2.60. The highest BCUT2D eigenvalue weighted by atomic mass is 16.5. The Morgan fingerprint density at radius 1 is 1.17 bits per heavy atom. The number of nitrogens with zero attached hydrogens (tertiary/aromatic N) is 3. The van der Waals surface area contributed by atoms with Crippen LogP contribution in [0.5, 0.6) is 5.75 Å². The van der Waals surface area contributed by atoms with Crippen LogP contribution in [0.25, 0.3) is 0 Å². The number of para-hydroxylation sites is 2. The minimum absolute atomic E-state index is 0.113. The first-order valence-electron chi connectivity index (χ1n) is 8.01. The predicted molar refractivity (Wildman–Crippen MR) is 87.7 cm³/mol. The van der Waals surface area contributed by atoms with E-state index in [1.165, 1.54) is 9.80 Å². The maximum atomic E-state index is 12.8. The predicted octanol–water partition coefficient (Wildman–Crippen LogP) is 0.490. The molecule has 0 unspecified atom stereocenters. The number of ether oxygens (including phenoxy) is 1. The monoisotopic (exact) mass is 331 g/mol. The first-order chi connectivity index (χ1) is 11.4. The van der Waals surface area contributed by atoms with Gasteiger partial charge in [0.05, 0.1) is 12.2 Å². The Hall–Kier alpha value is -2.57. The van der Waals surface area contributed by atoms with Gasteiger partial charge in [0.15, 0.2) is 0 Å². The van der Waals surface area contributed by atoms with Crippen LogP contribution >= 0.6 is 0 Å². The number of carbonyl (C=O) groups is 3. The van der Waals surface area contributed by atoms with Crippen LogP contribution < -0.4 is 9.64 Å². The van der Waals surface area contributed by atoms with Gasteiger partial charge >= 0.3 is 0 Å². The van der Waals surface area contributed by atoms with E-state index < -0.39 is 12.1 Å². The summed E-state index contributed by atoms with van der Waals surface area (Å²) in [4.78, 5) is 41.9. The standard InChI is InChI=1S/C17H21N3O4/c1-11-17(23)20(12(2)16(22)18(11)3)10-15(21)19-8-9-24-14-7-5-4-6-13(14)19/h4-7,11-12H,8-10H2,1-3H3/t11-,12-/m0/s1. The van der Waals surface area contributed by atoms with E-state index >= 15 is 0 Å². The lowest BCUT2D eigenvalue weighted by atomic mass is 10.1. The molecule has 0 aliphatic carbocycles. The van der Waals surface area contributed by atoms with Crippen molar-refractivity contribution in [3.05, 3.63) is 24.3 Å². The zero-order valence-corrected chi connectivity index (χ0v) is 14.1. The van der Waals surface area contributed by atoms with Gasteiger partial charge in [-0.1, -0.05) is 12.1 Å². The Bertz CT molecular complexity index is 690. The quantitative estimate of drug-likeness (QED) is 0.791. The lowest BCUT2D eigenvalue weighted by molar-refractivity contribution is -0.159. The van der Waals surface area contributed by atoms with Crippen molar-refractivity contribution in [2.75, 3.05) is 31.6 Å². The van der Waals surface area contributed by atoms with Gasteiger partial charge in [0.1, 0.15) is 31.0 Å². The molecule has 0 saturated carbocycles. The number of piperazine rings is 1. The summed E-state index contributed by atoms with van der Waals surface area (Å²) in [7, 11) is 1.61. The molecular formula is C17H21N3O4. The fraction of sp³-hybridized carbons (Fsp3) is 0.471. The van der Waals surface area contributed by atoms with E-state index in [0.717, 1.165) is 0 Å². The van der Waals surface area contributed by atoms with E-state index in [0.29, 0.717) is 24.6 Å². The summed E-state index contributed by atoms with van der Waals surface area (Å²) < 4.78 is 5.55. The summed E-state index contributed by atoms with van der Waals surface area (Å²) >= 11 is 0. The molecule has 1 aromatic rings. The number of fused-ring (bicyclic) bond motifs is 1. The second-order valence-corrected chi connectivity index (χ2v) is 6.13. The van der Waals surface area contributed by atoms with Crippen LogP contribution in [0.1, 0.15) is 13.8 Å². The van der Waals surface area contributed by atoms with Gasteiger partial charge in [-0.05, 0) is 26.0 Å². The number of benzene rings is 1. The van der Waals surface area contributed by atoms with Gasteiger partial charge in [0.25, 0.3) is 0 Å². The van der Waals surface area contributed by atoms with Crippen LogP contribution in [-0.2, 0) is 14.4 Å². The lowest BCUT2D eigenvalue weighted by Gasteiger charge is -2.41. The van der Waals surface area contributed by atoms with Crippen LogP contribution in [-0.4, -0.2) is 66.3 Å². The van der Waals surface area contributed by atoms with E-state index in [-0.39, 0.29) is 24.3 Å². The second-order valence-electron chi connectivity index (χ2n) is 6.13. The highest BCUT2D eigenvalue weighted by molar-refractivity contribution is 6.02. The zero-order valence-electron chi connectivity index (χ0n) is 14.1. The van der Waals surface area contributed by atoms with Gasteiger partial charge in [0.2, 0.25) is 17.7 Å². The van der Waals surface area contributed by atoms with Gasteiger partial charge in [-0.25, -0.2) is 0 Å². The molecule has 7 nitrogen and oxygen atoms in total. The minimum Gasteiger partial charge on any atom is -0.490 e. The summed E-state index contributed by atoms with van der Waals surface area (Å²) in [6.45, 7) is 4.05. The average molecular weight is 331 g/mol. The molecule has 1 aromatic carbocycles. The minimum atomic E-state index is -0.640. The van der Waals surface area contributed by atoms with Crippen molar-refractivity contribution in [1.29, 1.82) is 0 Å². The van der Waals surface area contributed by atoms with Crippen molar-refractivity contribution < 1.29 is 19.1 Å². The Kier molecular flexibility index (Phi) is 4.17. The number of likely N-dealkylation sites (N-methyl/N-ethyl adjacent to an activating group) is 1. The summed E-state index contributed by atoms with van der Waals surface area (Å²) in [6, 6.07) is 6.11. The van der Waals surface area contributed by atoms with Crippen LogP contribution in [0.2, 0.25) is 0 Å². The second kappa shape index (κ2) is 6.14. The third-order valence-electron chi connectivity index (χ3n) is 4.73. The number of hydrogen-bond donors (Lipinski definition) is 0. The average Bonchev–Trinajstić information content (AvgIpc) is 2.61. The fourth-order valence-electron chi connectivity index (χ4n) is 3.09. The number of rotatable bonds is 2. The van der Waals surface area contributed by atoms with Gasteiger partial charge in [-0.3, -0.25) is 14.4 Å². The molecule has 0 aromatic heterocycles. The molecule has 3 rings (SSSR count). The molecular weight excluding hydrogens is 310 g/mol. The van der Waals surface area contributed by atoms with Gasteiger partial charge in [-0.2, -0.15) is 0 Å². The molecule has 7 heteroatoms. The van der Waals surface area contributed by atoms with E-state index in [1.54, 1.807) is 25.8 Å². The zero-order chi connectivity index (χ0) is 17.4. The summed E-state index contributed by atoms with van der Waals surface area (Å²) in [6.07, 6.45) is 0. The van der Waals surface area contributed by atoms with Crippen molar-refractivity contribution in [1.82, 2.24) is 9.80 Å². The van der Waals surface area contributed by atoms with Crippen molar-refractivity contribution in [3.8, 4) is 5.75 Å². The highest BCUT2D eigenvalue weighted by Crippen LogP contribution is 2.31. The fourth-order valence-corrected chi connectivity index (χ4v) is 3.09. The number of carbonyl (C=O) groups excluding carboxylic acids is 3. The van der Waals surface area contributed by atoms with E-state index in [9.17, 15) is 14.4 Å². The molecule has 0 radical (unpaired) electrons. The Labute approximate surface area is 140 Å². The topological polar surface area (TPSA) is 70.2 Å². The molecule has 128 valence electrons. The van der Waals surface area contributed by atoms with Crippen LogP contribution in [0.15, 0.2) is 24.3 Å². The Balaban J connectivity index is 1.80. The van der Waals surface area contributed by atoms with Crippen molar-refractivity contribution in [2.45, 2.75) is 25.9 Å². The van der Waals surface area contributed by atoms with Crippen LogP contribution in [0.4, 0.5) is 5.69 Å². The third-order valence-corrected chi connectivity index (χ3v) is 4.73. The van der Waals surface area contributed by atoms with E-state index in [2.05, 4.69) is 0 Å². The van der Waals surface area contributed by atoms with Gasteiger partial charge in [-0.15, -0.1) is 0 Å². The largest absolute Gasteiger partial charge is 0.490 e. The van der Waals surface area contributed by atoms with Gasteiger partial charge in [0, 0.05) is 7.05 Å². The molecule has 1 saturated heterocycles. The SMILES string of the molecule is C[C@H]1C(=O)N(CC(=O)N2CCOc3ccccc32)[C@@H](C)C(=O)N1C. The Morgan fingerprint density at radius 2 is 1.88 bits per heavy atom. The smallest absolute Gasteiger partial charge is 0.246 e. The molecule has 2 atom stereocenters. The maximum absolute atomic E-state index is 12.8. The summed E-state index contributed by atoms with van der Waals surface area (Å²) in [5, 5.41) is 0. The van der Waals surface area contributed by atoms with Gasteiger partial charge < -0.3 is 19.4 Å². The first kappa shape index (κ1) is 16.3. The molecule has 2 aliphatic rings. The number of hydrogen-bond acceptors (Lipinski definition) is 4. The van der Waals surface area contributed by atoms with Crippen molar-refractivity contribution in [2.24, 2.45) is 0 Å². The van der Waals surface area contributed by atoms with E-state index in [4.69, 9.17) is 4.74 Å². The van der Waals surface area contributed by atoms with Crippen molar-refractivity contribution >= 4 is 23.4 Å². The summed E-state index contributed by atoms with van der Waals surface area (Å²) in [5.41, 5.74) is 0.697. The molecule has 0 N–H and O–H groups in total. The number of anilines is 1. The Morgan fingerprint density at radius 3 is 2.62 bits per heavy atom. The van der Waals surface area contributed by atoms with Crippen LogP contribution in [0.3, 0.4) is 0 Å². The first-order valence-corrected chi connectivity index (χ1v) is 8.01. The summed E-state index contributed by atoms with van der Waals surface area (Å²) in [5.74, 6) is 0.0755. The normalized spacial score (nSPS) is 23.9. The van der Waals surface area contributed by atoms with Crippen LogP contribution in [0, 0.1) is 0 Å². The molecule has 24 heavy (non-hydrogen) atoms. The number of amides is 3. The molecule has 0 spiro atoms. The van der Waals surface area contributed by atoms with Crippen molar-refractivity contribution in [3.63, 3.8) is 0 Å². The van der Waals surface area contributed by atoms with E-state index in [1.807, 2.05) is 24.3 Å².